The molecule has 3 aromatic rings. The Balaban J connectivity index is 1.62. The molecule has 1 aromatic carbocycles. The summed E-state index contributed by atoms with van der Waals surface area (Å²) in [7, 11) is 0. The molecule has 0 atom stereocenters. The minimum atomic E-state index is -0.401. The van der Waals surface area contributed by atoms with Crippen LogP contribution in [0.4, 0.5) is 0 Å². The van der Waals surface area contributed by atoms with Gasteiger partial charge >= 0.3 is 0 Å². The zero-order valence-electron chi connectivity index (χ0n) is 14.4. The molecule has 4 rings (SSSR count). The van der Waals surface area contributed by atoms with Crippen LogP contribution < -0.4 is 5.56 Å². The maximum atomic E-state index is 12.6. The molecule has 1 aliphatic rings. The first-order chi connectivity index (χ1) is 12.6. The van der Waals surface area contributed by atoms with Crippen molar-refractivity contribution in [1.29, 1.82) is 0 Å². The van der Waals surface area contributed by atoms with Gasteiger partial charge in [-0.3, -0.25) is 9.59 Å². The number of aromatic amines is 1. The highest BCUT2D eigenvalue weighted by atomic mass is 32.1. The number of carbonyl (C=O) groups excluding carboxylic acids is 1. The highest BCUT2D eigenvalue weighted by molar-refractivity contribution is 7.09. The molecule has 0 unspecified atom stereocenters. The number of carbonyl (C=O) groups is 1. The van der Waals surface area contributed by atoms with E-state index in [4.69, 9.17) is 9.51 Å². The maximum Gasteiger partial charge on any atom is 0.292 e. The molecule has 134 valence electrons. The first-order valence-electron chi connectivity index (χ1n) is 8.54. The van der Waals surface area contributed by atoms with Crippen LogP contribution in [0, 0.1) is 6.92 Å². The molecule has 1 N–H and O–H groups in total. The monoisotopic (exact) mass is 369 g/mol. The number of aryl methyl sites for hydroxylation is 1. The van der Waals surface area contributed by atoms with E-state index < -0.39 is 5.56 Å². The van der Waals surface area contributed by atoms with Gasteiger partial charge in [0.05, 0.1) is 16.8 Å². The predicted octanol–water partition coefficient (Wildman–Crippen LogP) is 2.96. The number of rotatable bonds is 3. The van der Waals surface area contributed by atoms with E-state index in [-0.39, 0.29) is 17.1 Å². The van der Waals surface area contributed by atoms with Crippen LogP contribution in [0.1, 0.15) is 39.7 Å². The smallest absolute Gasteiger partial charge is 0.292 e. The Bertz CT molecular complexity index is 965. The summed E-state index contributed by atoms with van der Waals surface area (Å²) in [4.78, 5) is 30.3. The van der Waals surface area contributed by atoms with Crippen molar-refractivity contribution in [3.05, 3.63) is 74.2 Å². The van der Waals surface area contributed by atoms with E-state index in [0.717, 1.165) is 23.5 Å². The Morgan fingerprint density at radius 2 is 2.00 bits per heavy atom. The summed E-state index contributed by atoms with van der Waals surface area (Å²) < 4.78 is 4.96. The first kappa shape index (κ1) is 16.8. The normalized spacial score (nSPS) is 16.6. The van der Waals surface area contributed by atoms with E-state index in [1.54, 1.807) is 16.2 Å². The number of likely N-dealkylation sites (tertiary alicyclic amines) is 1. The van der Waals surface area contributed by atoms with Crippen molar-refractivity contribution in [3.63, 3.8) is 0 Å². The number of nitrogens with zero attached hydrogens (tertiary/aromatic N) is 2. The molecule has 1 saturated heterocycles. The summed E-state index contributed by atoms with van der Waals surface area (Å²) in [5.74, 6) is -0.189. The highest BCUT2D eigenvalue weighted by Gasteiger charge is 2.41. The van der Waals surface area contributed by atoms with Gasteiger partial charge < -0.3 is 9.42 Å². The van der Waals surface area contributed by atoms with Crippen molar-refractivity contribution in [1.82, 2.24) is 15.0 Å². The van der Waals surface area contributed by atoms with Gasteiger partial charge in [-0.2, -0.15) is 5.16 Å². The number of thiazole rings is 1. The topological polar surface area (TPSA) is 79.2 Å². The van der Waals surface area contributed by atoms with E-state index in [1.807, 2.05) is 25.1 Å². The van der Waals surface area contributed by atoms with Crippen LogP contribution in [0.15, 0.2) is 51.1 Å². The van der Waals surface area contributed by atoms with E-state index in [0.29, 0.717) is 13.1 Å². The zero-order chi connectivity index (χ0) is 18.1. The zero-order valence-corrected chi connectivity index (χ0v) is 15.2. The summed E-state index contributed by atoms with van der Waals surface area (Å²) in [6.07, 6.45) is 1.56. The minimum absolute atomic E-state index is 0.0618. The standard InChI is InChI=1S/C19H19N3O3S/c1-13-20-16(12-26-13)19(14-5-3-2-4-6-14)7-9-22(10-8-19)18(24)15-11-17(23)21-25-15/h2-6,11-12H,7-10H2,1H3,(H,21,23). The average Bonchev–Trinajstić information content (AvgIpc) is 3.31. The fourth-order valence-corrected chi connectivity index (χ4v) is 4.38. The third-order valence-electron chi connectivity index (χ3n) is 5.07. The maximum absolute atomic E-state index is 12.6. The number of aromatic nitrogens is 2. The van der Waals surface area contributed by atoms with Crippen LogP contribution in [0.25, 0.3) is 0 Å². The molecule has 1 aliphatic heterocycles. The number of benzene rings is 1. The number of nitrogens with one attached hydrogen (secondary N) is 1. The molecule has 0 radical (unpaired) electrons. The van der Waals surface area contributed by atoms with Crippen LogP contribution in [0.5, 0.6) is 0 Å². The van der Waals surface area contributed by atoms with Crippen molar-refractivity contribution >= 4 is 17.2 Å². The number of amides is 1. The van der Waals surface area contributed by atoms with E-state index in [1.165, 1.54) is 11.6 Å². The van der Waals surface area contributed by atoms with Crippen molar-refractivity contribution < 1.29 is 9.32 Å². The SMILES string of the molecule is Cc1nc(C2(c3ccccc3)CCN(C(=O)c3cc(=O)[nH]o3)CC2)cs1. The van der Waals surface area contributed by atoms with Gasteiger partial charge in [0.1, 0.15) is 0 Å². The molecule has 26 heavy (non-hydrogen) atoms. The van der Waals surface area contributed by atoms with Gasteiger partial charge in [-0.15, -0.1) is 11.3 Å². The average molecular weight is 369 g/mol. The Kier molecular flexibility index (Phi) is 4.24. The van der Waals surface area contributed by atoms with Crippen molar-refractivity contribution in [3.8, 4) is 0 Å². The highest BCUT2D eigenvalue weighted by Crippen LogP contribution is 2.42. The van der Waals surface area contributed by atoms with Crippen molar-refractivity contribution in [2.45, 2.75) is 25.2 Å². The van der Waals surface area contributed by atoms with Crippen LogP contribution in [-0.2, 0) is 5.41 Å². The summed E-state index contributed by atoms with van der Waals surface area (Å²) in [6, 6.07) is 11.6. The largest absolute Gasteiger partial charge is 0.373 e. The molecule has 3 heterocycles. The van der Waals surface area contributed by atoms with Gasteiger partial charge in [0.15, 0.2) is 0 Å². The molecule has 0 saturated carbocycles. The van der Waals surface area contributed by atoms with Gasteiger partial charge in [0.2, 0.25) is 5.76 Å². The molecule has 0 bridgehead atoms. The lowest BCUT2D eigenvalue weighted by Crippen LogP contribution is -2.46. The molecule has 1 fully saturated rings. The second kappa shape index (κ2) is 6.57. The van der Waals surface area contributed by atoms with E-state index in [2.05, 4.69) is 22.7 Å². The number of hydrogen-bond donors (Lipinski definition) is 1. The summed E-state index contributed by atoms with van der Waals surface area (Å²) in [5, 5.41) is 5.35. The number of H-pyrrole nitrogens is 1. The summed E-state index contributed by atoms with van der Waals surface area (Å²) in [6.45, 7) is 3.18. The fraction of sp³-hybridized carbons (Fsp3) is 0.316. The van der Waals surface area contributed by atoms with Crippen LogP contribution >= 0.6 is 11.3 Å². The van der Waals surface area contributed by atoms with Gasteiger partial charge in [0.25, 0.3) is 11.5 Å². The molecule has 0 aliphatic carbocycles. The van der Waals surface area contributed by atoms with E-state index >= 15 is 0 Å². The third-order valence-corrected chi connectivity index (χ3v) is 5.85. The number of piperidine rings is 1. The van der Waals surface area contributed by atoms with Gasteiger partial charge in [-0.1, -0.05) is 30.3 Å². The molecular formula is C19H19N3O3S. The van der Waals surface area contributed by atoms with Crippen molar-refractivity contribution in [2.24, 2.45) is 0 Å². The second-order valence-electron chi connectivity index (χ2n) is 6.57. The molecule has 1 amide bonds. The molecular weight excluding hydrogens is 350 g/mol. The van der Waals surface area contributed by atoms with E-state index in [9.17, 15) is 9.59 Å². The summed E-state index contributed by atoms with van der Waals surface area (Å²) in [5.41, 5.74) is 1.71. The lowest BCUT2D eigenvalue weighted by atomic mass is 9.70. The molecule has 2 aromatic heterocycles. The Labute approximate surface area is 154 Å². The number of hydrogen-bond acceptors (Lipinski definition) is 5. The minimum Gasteiger partial charge on any atom is -0.373 e. The quantitative estimate of drug-likeness (QED) is 0.770. The van der Waals surface area contributed by atoms with Gasteiger partial charge in [-0.25, -0.2) is 4.98 Å². The van der Waals surface area contributed by atoms with Crippen LogP contribution in [0.3, 0.4) is 0 Å². The Morgan fingerprint density at radius 3 is 2.58 bits per heavy atom. The Morgan fingerprint density at radius 1 is 1.27 bits per heavy atom. The predicted molar refractivity (Wildman–Crippen MR) is 98.5 cm³/mol. The third kappa shape index (κ3) is 2.88. The Hall–Kier alpha value is -2.67. The van der Waals surface area contributed by atoms with Gasteiger partial charge in [-0.05, 0) is 25.3 Å². The first-order valence-corrected chi connectivity index (χ1v) is 9.42. The van der Waals surface area contributed by atoms with Crippen LogP contribution in [0.2, 0.25) is 0 Å². The lowest BCUT2D eigenvalue weighted by Gasteiger charge is -2.41. The lowest BCUT2D eigenvalue weighted by molar-refractivity contribution is 0.0642. The molecule has 0 spiro atoms. The fourth-order valence-electron chi connectivity index (χ4n) is 3.67. The van der Waals surface area contributed by atoms with Gasteiger partial charge in [0, 0.05) is 23.9 Å². The molecule has 7 heteroatoms. The second-order valence-corrected chi connectivity index (χ2v) is 7.63. The summed E-state index contributed by atoms with van der Waals surface area (Å²) >= 11 is 1.65. The van der Waals surface area contributed by atoms with Crippen LogP contribution in [-0.4, -0.2) is 34.0 Å². The molecule has 6 nitrogen and oxygen atoms in total. The van der Waals surface area contributed by atoms with Crippen molar-refractivity contribution in [2.75, 3.05) is 13.1 Å².